The van der Waals surface area contributed by atoms with Gasteiger partial charge in [0.1, 0.15) is 5.76 Å². The zero-order chi connectivity index (χ0) is 15.6. The maximum absolute atomic E-state index is 12.1. The van der Waals surface area contributed by atoms with Crippen LogP contribution in [0.2, 0.25) is 0 Å². The van der Waals surface area contributed by atoms with Crippen LogP contribution < -0.4 is 4.90 Å². The second kappa shape index (κ2) is 6.20. The molecule has 4 heteroatoms. The van der Waals surface area contributed by atoms with Gasteiger partial charge in [0.25, 0.3) is 0 Å². The number of carbonyl (C=O) groups excluding carboxylic acids is 1. The number of para-hydroxylation sites is 1. The summed E-state index contributed by atoms with van der Waals surface area (Å²) < 4.78 is 5.47. The second-order valence-corrected chi connectivity index (χ2v) is 6.58. The minimum atomic E-state index is 0.243. The molecule has 1 aliphatic heterocycles. The van der Waals surface area contributed by atoms with E-state index in [1.54, 1.807) is 6.26 Å². The Morgan fingerprint density at radius 2 is 1.78 bits per heavy atom. The van der Waals surface area contributed by atoms with Gasteiger partial charge in [0.05, 0.1) is 11.8 Å². The number of benzene rings is 1. The van der Waals surface area contributed by atoms with Gasteiger partial charge in [-0.1, -0.05) is 18.2 Å². The fraction of sp³-hybridized carbons (Fsp3) is 0.421. The van der Waals surface area contributed by atoms with Crippen LogP contribution in [0.4, 0.5) is 5.69 Å². The number of Topliss-reactive ketones (excluding diaryl/α,β-unsaturated/α-hetero) is 1. The van der Waals surface area contributed by atoms with Crippen molar-refractivity contribution in [3.05, 3.63) is 54.0 Å². The summed E-state index contributed by atoms with van der Waals surface area (Å²) in [6.07, 6.45) is 3.20. The van der Waals surface area contributed by atoms with Crippen LogP contribution in [0.25, 0.3) is 0 Å². The lowest BCUT2D eigenvalue weighted by molar-refractivity contribution is 0.0922. The Morgan fingerprint density at radius 3 is 2.57 bits per heavy atom. The summed E-state index contributed by atoms with van der Waals surface area (Å²) in [4.78, 5) is 17.1. The zero-order valence-electron chi connectivity index (χ0n) is 13.3. The van der Waals surface area contributed by atoms with Gasteiger partial charge in [0.2, 0.25) is 0 Å². The molecular weight excluding hydrogens is 288 g/mol. The Labute approximate surface area is 136 Å². The van der Waals surface area contributed by atoms with Crippen molar-refractivity contribution in [2.75, 3.05) is 37.6 Å². The SMILES string of the molecule is O=C1C[C@@H](CN2CCN(c3ccccc3)CC2)Cc2occc21. The van der Waals surface area contributed by atoms with Gasteiger partial charge in [-0.3, -0.25) is 9.69 Å². The van der Waals surface area contributed by atoms with Gasteiger partial charge in [0.15, 0.2) is 5.78 Å². The molecule has 4 rings (SSSR count). The Bertz CT molecular complexity index is 672. The molecule has 0 spiro atoms. The first-order valence-corrected chi connectivity index (χ1v) is 8.41. The number of fused-ring (bicyclic) bond motifs is 1. The van der Waals surface area contributed by atoms with E-state index >= 15 is 0 Å². The van der Waals surface area contributed by atoms with Crippen molar-refractivity contribution in [1.82, 2.24) is 4.90 Å². The van der Waals surface area contributed by atoms with E-state index in [1.165, 1.54) is 5.69 Å². The summed E-state index contributed by atoms with van der Waals surface area (Å²) >= 11 is 0. The van der Waals surface area contributed by atoms with Gasteiger partial charge in [-0.05, 0) is 24.1 Å². The van der Waals surface area contributed by atoms with Crippen molar-refractivity contribution in [3.63, 3.8) is 0 Å². The van der Waals surface area contributed by atoms with Crippen LogP contribution in [0.15, 0.2) is 47.1 Å². The lowest BCUT2D eigenvalue weighted by atomic mass is 9.87. The molecule has 0 unspecified atom stereocenters. The van der Waals surface area contributed by atoms with Crippen molar-refractivity contribution in [1.29, 1.82) is 0 Å². The topological polar surface area (TPSA) is 36.7 Å². The molecule has 120 valence electrons. The van der Waals surface area contributed by atoms with Crippen LogP contribution in [0, 0.1) is 5.92 Å². The van der Waals surface area contributed by atoms with Gasteiger partial charge in [-0.15, -0.1) is 0 Å². The van der Waals surface area contributed by atoms with Crippen LogP contribution in [0.3, 0.4) is 0 Å². The first-order valence-electron chi connectivity index (χ1n) is 8.41. The Balaban J connectivity index is 1.33. The average molecular weight is 310 g/mol. The number of furan rings is 1. The van der Waals surface area contributed by atoms with Crippen LogP contribution in [0.1, 0.15) is 22.5 Å². The molecule has 1 aromatic heterocycles. The van der Waals surface area contributed by atoms with Crippen LogP contribution in [0.5, 0.6) is 0 Å². The largest absolute Gasteiger partial charge is 0.469 e. The summed E-state index contributed by atoms with van der Waals surface area (Å²) in [6, 6.07) is 12.4. The predicted octanol–water partition coefficient (Wildman–Crippen LogP) is 2.85. The number of carbonyl (C=O) groups is 1. The van der Waals surface area contributed by atoms with Crippen molar-refractivity contribution >= 4 is 11.5 Å². The quantitative estimate of drug-likeness (QED) is 0.873. The molecule has 0 saturated carbocycles. The smallest absolute Gasteiger partial charge is 0.166 e. The average Bonchev–Trinajstić information content (AvgIpc) is 3.05. The molecular formula is C19H22N2O2. The number of hydrogen-bond donors (Lipinski definition) is 0. The lowest BCUT2D eigenvalue weighted by Gasteiger charge is -2.38. The van der Waals surface area contributed by atoms with E-state index in [0.29, 0.717) is 12.3 Å². The number of hydrogen-bond acceptors (Lipinski definition) is 4. The van der Waals surface area contributed by atoms with Crippen molar-refractivity contribution in [3.8, 4) is 0 Å². The minimum Gasteiger partial charge on any atom is -0.469 e. The third-order valence-electron chi connectivity index (χ3n) is 5.00. The maximum Gasteiger partial charge on any atom is 0.166 e. The number of ketones is 1. The van der Waals surface area contributed by atoms with E-state index < -0.39 is 0 Å². The highest BCUT2D eigenvalue weighted by Crippen LogP contribution is 2.27. The molecule has 2 aliphatic rings. The van der Waals surface area contributed by atoms with Crippen molar-refractivity contribution in [2.24, 2.45) is 5.92 Å². The summed E-state index contributed by atoms with van der Waals surface area (Å²) in [5.41, 5.74) is 2.11. The van der Waals surface area contributed by atoms with Gasteiger partial charge >= 0.3 is 0 Å². The van der Waals surface area contributed by atoms with Gasteiger partial charge < -0.3 is 9.32 Å². The normalized spacial score (nSPS) is 22.2. The van der Waals surface area contributed by atoms with Gasteiger partial charge in [0, 0.05) is 51.3 Å². The van der Waals surface area contributed by atoms with E-state index in [9.17, 15) is 4.79 Å². The second-order valence-electron chi connectivity index (χ2n) is 6.58. The monoisotopic (exact) mass is 310 g/mol. The molecule has 1 saturated heterocycles. The van der Waals surface area contributed by atoms with E-state index in [2.05, 4.69) is 40.1 Å². The number of nitrogens with zero attached hydrogens (tertiary/aromatic N) is 2. The van der Waals surface area contributed by atoms with E-state index in [0.717, 1.165) is 50.5 Å². The molecule has 2 heterocycles. The maximum atomic E-state index is 12.1. The molecule has 0 radical (unpaired) electrons. The molecule has 0 amide bonds. The van der Waals surface area contributed by atoms with Crippen molar-refractivity contribution < 1.29 is 9.21 Å². The minimum absolute atomic E-state index is 0.243. The standard InChI is InChI=1S/C19H22N2O2/c22-18-12-15(13-19-17(18)6-11-23-19)14-20-7-9-21(10-8-20)16-4-2-1-3-5-16/h1-6,11,15H,7-10,12-14H2/t15-/m1/s1. The third kappa shape index (κ3) is 3.04. The van der Waals surface area contributed by atoms with Gasteiger partial charge in [-0.2, -0.15) is 0 Å². The fourth-order valence-electron chi connectivity index (χ4n) is 3.78. The zero-order valence-corrected chi connectivity index (χ0v) is 13.3. The molecule has 0 bridgehead atoms. The Kier molecular flexibility index (Phi) is 3.92. The van der Waals surface area contributed by atoms with Crippen molar-refractivity contribution in [2.45, 2.75) is 12.8 Å². The molecule has 1 aliphatic carbocycles. The molecule has 1 aromatic carbocycles. The number of anilines is 1. The highest BCUT2D eigenvalue weighted by Gasteiger charge is 2.29. The molecule has 4 nitrogen and oxygen atoms in total. The summed E-state index contributed by atoms with van der Waals surface area (Å²) in [7, 11) is 0. The number of piperazine rings is 1. The van der Waals surface area contributed by atoms with Crippen LogP contribution in [-0.4, -0.2) is 43.4 Å². The molecule has 23 heavy (non-hydrogen) atoms. The molecule has 0 N–H and O–H groups in total. The predicted molar refractivity (Wildman–Crippen MR) is 89.9 cm³/mol. The Hall–Kier alpha value is -2.07. The summed E-state index contributed by atoms with van der Waals surface area (Å²) in [5, 5.41) is 0. The summed E-state index contributed by atoms with van der Waals surface area (Å²) in [6.45, 7) is 5.22. The first-order chi connectivity index (χ1) is 11.3. The highest BCUT2D eigenvalue weighted by atomic mass is 16.3. The van der Waals surface area contributed by atoms with E-state index in [1.807, 2.05) is 6.07 Å². The molecule has 2 aromatic rings. The third-order valence-corrected chi connectivity index (χ3v) is 5.00. The highest BCUT2D eigenvalue weighted by molar-refractivity contribution is 5.98. The Morgan fingerprint density at radius 1 is 1.00 bits per heavy atom. The molecule has 1 atom stereocenters. The van der Waals surface area contributed by atoms with Gasteiger partial charge in [-0.25, -0.2) is 0 Å². The van der Waals surface area contributed by atoms with Crippen LogP contribution >= 0.6 is 0 Å². The van der Waals surface area contributed by atoms with E-state index in [-0.39, 0.29) is 5.78 Å². The van der Waals surface area contributed by atoms with E-state index in [4.69, 9.17) is 4.42 Å². The lowest BCUT2D eigenvalue weighted by Crippen LogP contribution is -2.48. The summed E-state index contributed by atoms with van der Waals surface area (Å²) in [5.74, 6) is 1.52. The van der Waals surface area contributed by atoms with Crippen LogP contribution in [-0.2, 0) is 6.42 Å². The fourth-order valence-corrected chi connectivity index (χ4v) is 3.78. The first kappa shape index (κ1) is 14.5. The number of rotatable bonds is 3. The molecule has 1 fully saturated rings.